The number of rotatable bonds is 4. The van der Waals surface area contributed by atoms with E-state index in [2.05, 4.69) is 0 Å². The maximum atomic E-state index is 11.1. The highest BCUT2D eigenvalue weighted by Crippen LogP contribution is 2.31. The number of carbonyl (C=O) groups is 1. The summed E-state index contributed by atoms with van der Waals surface area (Å²) in [6.45, 7) is 3.77. The van der Waals surface area contributed by atoms with E-state index < -0.39 is 11.9 Å². The quantitative estimate of drug-likeness (QED) is 0.827. The molecule has 1 atom stereocenters. The molecule has 0 saturated carbocycles. The van der Waals surface area contributed by atoms with Gasteiger partial charge in [-0.15, -0.1) is 0 Å². The molecule has 0 aliphatic rings. The van der Waals surface area contributed by atoms with E-state index in [1.807, 2.05) is 26.0 Å². The fraction of sp³-hybridized carbons (Fsp3) is 0.417. The van der Waals surface area contributed by atoms with Crippen LogP contribution in [0.25, 0.3) is 0 Å². The molecule has 0 bridgehead atoms. The number of methoxy groups -OCH3 is 1. The Morgan fingerprint density at radius 3 is 2.67 bits per heavy atom. The molecular formula is C12H16O3. The Kier molecular flexibility index (Phi) is 3.72. The van der Waals surface area contributed by atoms with Crippen molar-refractivity contribution in [2.45, 2.75) is 26.2 Å². The maximum Gasteiger partial charge on any atom is 0.311 e. The predicted octanol–water partition coefficient (Wildman–Crippen LogP) is 2.58. The lowest BCUT2D eigenvalue weighted by atomic mass is 9.92. The van der Waals surface area contributed by atoms with Crippen molar-refractivity contribution in [3.63, 3.8) is 0 Å². The SMILES string of the molecule is CCC(C(=O)O)c1c(C)cccc1OC. The first kappa shape index (κ1) is 11.6. The standard InChI is InChI=1S/C12H16O3/c1-4-9(12(13)14)11-8(2)6-5-7-10(11)15-3/h5-7,9H,4H2,1-3H3,(H,13,14). The Hall–Kier alpha value is -1.51. The number of carboxylic acid groups (broad SMARTS) is 1. The molecule has 0 fully saturated rings. The fourth-order valence-corrected chi connectivity index (χ4v) is 1.78. The van der Waals surface area contributed by atoms with E-state index in [0.717, 1.165) is 11.1 Å². The van der Waals surface area contributed by atoms with Crippen LogP contribution in [0.3, 0.4) is 0 Å². The van der Waals surface area contributed by atoms with Crippen molar-refractivity contribution in [2.24, 2.45) is 0 Å². The minimum Gasteiger partial charge on any atom is -0.496 e. The Labute approximate surface area is 89.7 Å². The van der Waals surface area contributed by atoms with Crippen LogP contribution in [0.4, 0.5) is 0 Å². The molecule has 0 amide bonds. The van der Waals surface area contributed by atoms with Crippen molar-refractivity contribution >= 4 is 5.97 Å². The summed E-state index contributed by atoms with van der Waals surface area (Å²) in [6.07, 6.45) is 0.566. The maximum absolute atomic E-state index is 11.1. The lowest BCUT2D eigenvalue weighted by molar-refractivity contribution is -0.138. The van der Waals surface area contributed by atoms with Gasteiger partial charge in [0.05, 0.1) is 13.0 Å². The highest BCUT2D eigenvalue weighted by atomic mass is 16.5. The van der Waals surface area contributed by atoms with Crippen molar-refractivity contribution in [2.75, 3.05) is 7.11 Å². The van der Waals surface area contributed by atoms with Gasteiger partial charge in [-0.2, -0.15) is 0 Å². The van der Waals surface area contributed by atoms with E-state index in [4.69, 9.17) is 9.84 Å². The minimum absolute atomic E-state index is 0.485. The largest absolute Gasteiger partial charge is 0.496 e. The first-order valence-corrected chi connectivity index (χ1v) is 4.98. The van der Waals surface area contributed by atoms with E-state index in [1.54, 1.807) is 13.2 Å². The van der Waals surface area contributed by atoms with Gasteiger partial charge < -0.3 is 9.84 Å². The van der Waals surface area contributed by atoms with Crippen molar-refractivity contribution in [1.82, 2.24) is 0 Å². The fourth-order valence-electron chi connectivity index (χ4n) is 1.78. The normalized spacial score (nSPS) is 12.2. The van der Waals surface area contributed by atoms with Crippen LogP contribution in [0.1, 0.15) is 30.4 Å². The van der Waals surface area contributed by atoms with Crippen LogP contribution in [0.2, 0.25) is 0 Å². The molecule has 0 aliphatic carbocycles. The van der Waals surface area contributed by atoms with Crippen LogP contribution < -0.4 is 4.74 Å². The smallest absolute Gasteiger partial charge is 0.311 e. The molecule has 0 aliphatic heterocycles. The van der Waals surface area contributed by atoms with E-state index in [0.29, 0.717) is 12.2 Å². The van der Waals surface area contributed by atoms with Crippen LogP contribution in [0.15, 0.2) is 18.2 Å². The van der Waals surface area contributed by atoms with Crippen molar-refractivity contribution < 1.29 is 14.6 Å². The topological polar surface area (TPSA) is 46.5 Å². The monoisotopic (exact) mass is 208 g/mol. The lowest BCUT2D eigenvalue weighted by Crippen LogP contribution is -2.13. The van der Waals surface area contributed by atoms with Gasteiger partial charge in [0.25, 0.3) is 0 Å². The van der Waals surface area contributed by atoms with Crippen LogP contribution in [-0.4, -0.2) is 18.2 Å². The zero-order valence-electron chi connectivity index (χ0n) is 9.28. The number of ether oxygens (including phenoxy) is 1. The summed E-state index contributed by atoms with van der Waals surface area (Å²) in [6, 6.07) is 5.57. The van der Waals surface area contributed by atoms with Gasteiger partial charge in [0.1, 0.15) is 5.75 Å². The third-order valence-electron chi connectivity index (χ3n) is 2.56. The van der Waals surface area contributed by atoms with E-state index in [-0.39, 0.29) is 0 Å². The van der Waals surface area contributed by atoms with Crippen LogP contribution in [0.5, 0.6) is 5.75 Å². The van der Waals surface area contributed by atoms with Crippen LogP contribution in [-0.2, 0) is 4.79 Å². The lowest BCUT2D eigenvalue weighted by Gasteiger charge is -2.16. The molecule has 15 heavy (non-hydrogen) atoms. The Morgan fingerprint density at radius 2 is 2.20 bits per heavy atom. The molecule has 1 aromatic carbocycles. The first-order chi connectivity index (χ1) is 7.11. The first-order valence-electron chi connectivity index (χ1n) is 4.98. The van der Waals surface area contributed by atoms with Gasteiger partial charge in [0.2, 0.25) is 0 Å². The zero-order valence-corrected chi connectivity index (χ0v) is 9.28. The molecule has 1 unspecified atom stereocenters. The van der Waals surface area contributed by atoms with Crippen molar-refractivity contribution in [3.05, 3.63) is 29.3 Å². The highest BCUT2D eigenvalue weighted by molar-refractivity contribution is 5.77. The number of aryl methyl sites for hydroxylation is 1. The van der Waals surface area contributed by atoms with E-state index in [1.165, 1.54) is 0 Å². The van der Waals surface area contributed by atoms with Gasteiger partial charge in [0.15, 0.2) is 0 Å². The summed E-state index contributed by atoms with van der Waals surface area (Å²) in [5.74, 6) is -0.629. The molecule has 0 heterocycles. The van der Waals surface area contributed by atoms with Gasteiger partial charge in [-0.1, -0.05) is 19.1 Å². The van der Waals surface area contributed by atoms with Gasteiger partial charge in [-0.25, -0.2) is 0 Å². The summed E-state index contributed by atoms with van der Waals surface area (Å²) in [7, 11) is 1.56. The van der Waals surface area contributed by atoms with E-state index >= 15 is 0 Å². The van der Waals surface area contributed by atoms with Crippen molar-refractivity contribution in [1.29, 1.82) is 0 Å². The molecule has 0 saturated heterocycles. The van der Waals surface area contributed by atoms with Gasteiger partial charge in [0, 0.05) is 5.56 Å². The van der Waals surface area contributed by atoms with Crippen molar-refractivity contribution in [3.8, 4) is 5.75 Å². The number of benzene rings is 1. The Morgan fingerprint density at radius 1 is 1.53 bits per heavy atom. The number of carboxylic acids is 1. The average Bonchev–Trinajstić information content (AvgIpc) is 2.21. The third kappa shape index (κ3) is 2.29. The second kappa shape index (κ2) is 4.82. The molecule has 0 spiro atoms. The Bertz CT molecular complexity index is 358. The summed E-state index contributed by atoms with van der Waals surface area (Å²) in [4.78, 5) is 11.1. The van der Waals surface area contributed by atoms with Gasteiger partial charge in [-0.05, 0) is 25.0 Å². The summed E-state index contributed by atoms with van der Waals surface area (Å²) >= 11 is 0. The highest BCUT2D eigenvalue weighted by Gasteiger charge is 2.22. The number of aliphatic carboxylic acids is 1. The van der Waals surface area contributed by atoms with E-state index in [9.17, 15) is 4.79 Å². The second-order valence-electron chi connectivity index (χ2n) is 3.49. The number of hydrogen-bond acceptors (Lipinski definition) is 2. The summed E-state index contributed by atoms with van der Waals surface area (Å²) < 4.78 is 5.20. The molecule has 3 heteroatoms. The number of hydrogen-bond donors (Lipinski definition) is 1. The van der Waals surface area contributed by atoms with Crippen LogP contribution in [0, 0.1) is 6.92 Å². The summed E-state index contributed by atoms with van der Waals surface area (Å²) in [5.41, 5.74) is 1.75. The minimum atomic E-state index is -0.801. The molecular weight excluding hydrogens is 192 g/mol. The molecule has 3 nitrogen and oxygen atoms in total. The molecule has 1 aromatic rings. The average molecular weight is 208 g/mol. The molecule has 0 radical (unpaired) electrons. The summed E-state index contributed by atoms with van der Waals surface area (Å²) in [5, 5.41) is 9.12. The molecule has 0 aromatic heterocycles. The Balaban J connectivity index is 3.26. The van der Waals surface area contributed by atoms with Gasteiger partial charge >= 0.3 is 5.97 Å². The second-order valence-corrected chi connectivity index (χ2v) is 3.49. The molecule has 1 rings (SSSR count). The zero-order chi connectivity index (χ0) is 11.4. The third-order valence-corrected chi connectivity index (χ3v) is 2.56. The molecule has 82 valence electrons. The predicted molar refractivity (Wildman–Crippen MR) is 58.4 cm³/mol. The van der Waals surface area contributed by atoms with Crippen LogP contribution >= 0.6 is 0 Å². The van der Waals surface area contributed by atoms with Gasteiger partial charge in [-0.3, -0.25) is 4.79 Å². The molecule has 1 N–H and O–H groups in total.